The first-order valence-corrected chi connectivity index (χ1v) is 7.10. The molecule has 0 saturated carbocycles. The lowest BCUT2D eigenvalue weighted by atomic mass is 10.2. The standard InChI is InChI=1S/C13H13ClN4S/c1-8-11-4-3-9(5-12(11)17-18(8)2)15-6-10-7-16-13(14)19-10/h3-5,7,15H,6H2,1-2H3. The second-order valence-electron chi connectivity index (χ2n) is 4.37. The highest BCUT2D eigenvalue weighted by Crippen LogP contribution is 2.23. The average molecular weight is 293 g/mol. The molecule has 0 radical (unpaired) electrons. The molecule has 0 saturated heterocycles. The van der Waals surface area contributed by atoms with E-state index in [0.717, 1.165) is 22.6 Å². The van der Waals surface area contributed by atoms with E-state index in [4.69, 9.17) is 11.6 Å². The molecule has 0 atom stereocenters. The number of benzene rings is 1. The van der Waals surface area contributed by atoms with Crippen LogP contribution in [0.15, 0.2) is 24.4 Å². The Hall–Kier alpha value is -1.59. The molecule has 0 aliphatic heterocycles. The number of anilines is 1. The highest BCUT2D eigenvalue weighted by atomic mass is 35.5. The number of rotatable bonds is 3. The Bertz CT molecular complexity index is 731. The lowest BCUT2D eigenvalue weighted by Gasteiger charge is -2.04. The second kappa shape index (κ2) is 4.83. The molecule has 3 aromatic rings. The predicted octanol–water partition coefficient (Wildman–Crippen LogP) is 3.60. The van der Waals surface area contributed by atoms with Gasteiger partial charge in [0.25, 0.3) is 0 Å². The number of aryl methyl sites for hydroxylation is 2. The minimum Gasteiger partial charge on any atom is -0.380 e. The van der Waals surface area contributed by atoms with E-state index in [0.29, 0.717) is 4.47 Å². The number of thiazole rings is 1. The average Bonchev–Trinajstić information content (AvgIpc) is 2.92. The molecular weight excluding hydrogens is 280 g/mol. The molecule has 19 heavy (non-hydrogen) atoms. The Morgan fingerprint density at radius 2 is 2.26 bits per heavy atom. The van der Waals surface area contributed by atoms with Gasteiger partial charge in [-0.1, -0.05) is 11.6 Å². The Morgan fingerprint density at radius 1 is 1.42 bits per heavy atom. The summed E-state index contributed by atoms with van der Waals surface area (Å²) in [6.07, 6.45) is 1.80. The van der Waals surface area contributed by atoms with E-state index in [2.05, 4.69) is 40.5 Å². The Balaban J connectivity index is 1.81. The van der Waals surface area contributed by atoms with Gasteiger partial charge < -0.3 is 5.32 Å². The molecule has 0 amide bonds. The summed E-state index contributed by atoms with van der Waals surface area (Å²) >= 11 is 7.30. The van der Waals surface area contributed by atoms with Crippen LogP contribution in [-0.4, -0.2) is 14.8 Å². The molecule has 0 aliphatic carbocycles. The highest BCUT2D eigenvalue weighted by molar-refractivity contribution is 7.15. The van der Waals surface area contributed by atoms with Crippen LogP contribution < -0.4 is 5.32 Å². The van der Waals surface area contributed by atoms with E-state index < -0.39 is 0 Å². The van der Waals surface area contributed by atoms with Gasteiger partial charge in [-0.2, -0.15) is 5.10 Å². The van der Waals surface area contributed by atoms with Gasteiger partial charge >= 0.3 is 0 Å². The maximum absolute atomic E-state index is 5.81. The van der Waals surface area contributed by atoms with Gasteiger partial charge in [0.05, 0.1) is 12.1 Å². The molecule has 98 valence electrons. The van der Waals surface area contributed by atoms with Crippen molar-refractivity contribution in [3.05, 3.63) is 39.4 Å². The zero-order chi connectivity index (χ0) is 13.4. The van der Waals surface area contributed by atoms with Gasteiger partial charge in [-0.3, -0.25) is 4.68 Å². The number of fused-ring (bicyclic) bond motifs is 1. The summed E-state index contributed by atoms with van der Waals surface area (Å²) in [6.45, 7) is 2.80. The van der Waals surface area contributed by atoms with Crippen molar-refractivity contribution in [3.8, 4) is 0 Å². The van der Waals surface area contributed by atoms with Crippen LogP contribution in [0.4, 0.5) is 5.69 Å². The molecule has 0 bridgehead atoms. The lowest BCUT2D eigenvalue weighted by Crippen LogP contribution is -1.96. The predicted molar refractivity (Wildman–Crippen MR) is 79.9 cm³/mol. The summed E-state index contributed by atoms with van der Waals surface area (Å²) in [4.78, 5) is 5.14. The van der Waals surface area contributed by atoms with Crippen molar-refractivity contribution < 1.29 is 0 Å². The van der Waals surface area contributed by atoms with Crippen molar-refractivity contribution >= 4 is 39.5 Å². The molecule has 0 unspecified atom stereocenters. The van der Waals surface area contributed by atoms with Crippen molar-refractivity contribution in [2.45, 2.75) is 13.5 Å². The zero-order valence-corrected chi connectivity index (χ0v) is 12.2. The number of nitrogens with zero attached hydrogens (tertiary/aromatic N) is 3. The van der Waals surface area contributed by atoms with Gasteiger partial charge in [-0.15, -0.1) is 11.3 Å². The first kappa shape index (κ1) is 12.4. The smallest absolute Gasteiger partial charge is 0.183 e. The van der Waals surface area contributed by atoms with Crippen molar-refractivity contribution in [3.63, 3.8) is 0 Å². The normalized spacial score (nSPS) is 11.1. The minimum absolute atomic E-state index is 0.576. The van der Waals surface area contributed by atoms with Crippen molar-refractivity contribution in [2.75, 3.05) is 5.32 Å². The summed E-state index contributed by atoms with van der Waals surface area (Å²) in [6, 6.07) is 6.23. The van der Waals surface area contributed by atoms with Crippen LogP contribution in [-0.2, 0) is 13.6 Å². The Morgan fingerprint density at radius 3 is 3.00 bits per heavy atom. The monoisotopic (exact) mass is 292 g/mol. The molecule has 0 aliphatic rings. The molecule has 0 spiro atoms. The third-order valence-corrected chi connectivity index (χ3v) is 4.24. The largest absolute Gasteiger partial charge is 0.380 e. The van der Waals surface area contributed by atoms with Gasteiger partial charge in [-0.25, -0.2) is 4.98 Å². The quantitative estimate of drug-likeness (QED) is 0.802. The number of hydrogen-bond donors (Lipinski definition) is 1. The minimum atomic E-state index is 0.576. The third kappa shape index (κ3) is 2.43. The van der Waals surface area contributed by atoms with Gasteiger partial charge in [0, 0.05) is 34.9 Å². The van der Waals surface area contributed by atoms with E-state index in [9.17, 15) is 0 Å². The molecule has 6 heteroatoms. The maximum Gasteiger partial charge on any atom is 0.183 e. The lowest BCUT2D eigenvalue weighted by molar-refractivity contribution is 0.751. The highest BCUT2D eigenvalue weighted by Gasteiger charge is 2.05. The van der Waals surface area contributed by atoms with Crippen LogP contribution in [0.5, 0.6) is 0 Å². The number of aromatic nitrogens is 3. The van der Waals surface area contributed by atoms with Crippen LogP contribution >= 0.6 is 22.9 Å². The van der Waals surface area contributed by atoms with Gasteiger partial charge in [0.1, 0.15) is 0 Å². The van der Waals surface area contributed by atoms with E-state index in [1.54, 1.807) is 6.20 Å². The first-order valence-electron chi connectivity index (χ1n) is 5.91. The number of nitrogens with one attached hydrogen (secondary N) is 1. The fourth-order valence-electron chi connectivity index (χ4n) is 2.00. The molecule has 1 aromatic carbocycles. The summed E-state index contributed by atoms with van der Waals surface area (Å²) in [5.41, 5.74) is 3.23. The van der Waals surface area contributed by atoms with Crippen LogP contribution in [0, 0.1) is 6.92 Å². The van der Waals surface area contributed by atoms with Gasteiger partial charge in [-0.05, 0) is 25.1 Å². The molecule has 0 fully saturated rings. The molecule has 3 rings (SSSR count). The van der Waals surface area contributed by atoms with Gasteiger partial charge in [0.2, 0.25) is 0 Å². The van der Waals surface area contributed by atoms with Crippen LogP contribution in [0.2, 0.25) is 4.47 Å². The van der Waals surface area contributed by atoms with Crippen molar-refractivity contribution in [1.29, 1.82) is 0 Å². The van der Waals surface area contributed by atoms with E-state index in [-0.39, 0.29) is 0 Å². The molecule has 4 nitrogen and oxygen atoms in total. The summed E-state index contributed by atoms with van der Waals surface area (Å²) < 4.78 is 2.48. The Labute approximate surface area is 120 Å². The third-order valence-electron chi connectivity index (χ3n) is 3.12. The molecular formula is C13H13ClN4S. The second-order valence-corrected chi connectivity index (χ2v) is 6.07. The van der Waals surface area contributed by atoms with Crippen LogP contribution in [0.25, 0.3) is 10.9 Å². The Kier molecular flexibility index (Phi) is 3.16. The topological polar surface area (TPSA) is 42.7 Å². The summed E-state index contributed by atoms with van der Waals surface area (Å²) in [5.74, 6) is 0. The summed E-state index contributed by atoms with van der Waals surface area (Å²) in [7, 11) is 1.96. The molecule has 1 N–H and O–H groups in total. The van der Waals surface area contributed by atoms with E-state index >= 15 is 0 Å². The summed E-state index contributed by atoms with van der Waals surface area (Å²) in [5, 5.41) is 9.02. The van der Waals surface area contributed by atoms with Gasteiger partial charge in [0.15, 0.2) is 4.47 Å². The van der Waals surface area contributed by atoms with E-state index in [1.165, 1.54) is 22.4 Å². The number of hydrogen-bond acceptors (Lipinski definition) is 4. The van der Waals surface area contributed by atoms with Crippen LogP contribution in [0.3, 0.4) is 0 Å². The molecule has 2 heterocycles. The maximum atomic E-state index is 5.81. The number of halogens is 1. The van der Waals surface area contributed by atoms with Crippen LogP contribution in [0.1, 0.15) is 10.6 Å². The SMILES string of the molecule is Cc1c2ccc(NCc3cnc(Cl)s3)cc2nn1C. The fraction of sp³-hybridized carbons (Fsp3) is 0.231. The van der Waals surface area contributed by atoms with Crippen molar-refractivity contribution in [1.82, 2.24) is 14.8 Å². The van der Waals surface area contributed by atoms with Crippen molar-refractivity contribution in [2.24, 2.45) is 7.05 Å². The zero-order valence-electron chi connectivity index (χ0n) is 10.6. The molecule has 2 aromatic heterocycles. The van der Waals surface area contributed by atoms with E-state index in [1.807, 2.05) is 11.7 Å². The first-order chi connectivity index (χ1) is 9.13. The fourth-order valence-corrected chi connectivity index (χ4v) is 2.91.